The van der Waals surface area contributed by atoms with Crippen LogP contribution >= 0.6 is 11.8 Å². The van der Waals surface area contributed by atoms with Crippen LogP contribution in [0.4, 0.5) is 0 Å². The molecule has 2 nitrogen and oxygen atoms in total. The first-order valence-electron chi connectivity index (χ1n) is 5.19. The maximum absolute atomic E-state index is 8.83. The Hall–Kier alpha value is -0.510. The Kier molecular flexibility index (Phi) is 5.15. The normalized spacial score (nSPS) is 14.9. The van der Waals surface area contributed by atoms with Crippen LogP contribution in [0.1, 0.15) is 23.3 Å². The Morgan fingerprint density at radius 3 is 2.40 bits per heavy atom. The van der Waals surface area contributed by atoms with Gasteiger partial charge in [-0.05, 0) is 19.4 Å². The monoisotopic (exact) mass is 225 g/mol. The number of nitrogens with two attached hydrogens (primary N) is 1. The van der Waals surface area contributed by atoms with Crippen LogP contribution in [0.5, 0.6) is 0 Å². The van der Waals surface area contributed by atoms with Gasteiger partial charge >= 0.3 is 0 Å². The summed E-state index contributed by atoms with van der Waals surface area (Å²) in [5.41, 5.74) is 8.45. The number of hydrogen-bond donors (Lipinski definition) is 2. The summed E-state index contributed by atoms with van der Waals surface area (Å²) in [5.74, 6) is 0.736. The van der Waals surface area contributed by atoms with E-state index in [1.54, 1.807) is 11.8 Å². The summed E-state index contributed by atoms with van der Waals surface area (Å²) in [4.78, 5) is 0. The van der Waals surface area contributed by atoms with Gasteiger partial charge in [0.1, 0.15) is 0 Å². The third-order valence-corrected chi connectivity index (χ3v) is 3.75. The SMILES string of the molecule is Cc1ccc(C(SCCO)C(C)N)cc1. The van der Waals surface area contributed by atoms with E-state index in [0.717, 1.165) is 5.75 Å². The second kappa shape index (κ2) is 6.16. The number of thioether (sulfide) groups is 1. The average Bonchev–Trinajstić information content (AvgIpc) is 2.21. The number of benzene rings is 1. The van der Waals surface area contributed by atoms with Gasteiger partial charge in [0.15, 0.2) is 0 Å². The lowest BCUT2D eigenvalue weighted by Gasteiger charge is -2.20. The zero-order valence-electron chi connectivity index (χ0n) is 9.31. The van der Waals surface area contributed by atoms with Crippen molar-refractivity contribution in [2.45, 2.75) is 25.1 Å². The first-order chi connectivity index (χ1) is 7.15. The fourth-order valence-corrected chi connectivity index (χ4v) is 2.50. The van der Waals surface area contributed by atoms with Crippen molar-refractivity contribution in [1.82, 2.24) is 0 Å². The number of aliphatic hydroxyl groups is 1. The molecule has 1 aromatic carbocycles. The fourth-order valence-electron chi connectivity index (χ4n) is 1.49. The molecule has 3 N–H and O–H groups in total. The van der Waals surface area contributed by atoms with Gasteiger partial charge in [0.25, 0.3) is 0 Å². The molecule has 0 aromatic heterocycles. The Labute approximate surface area is 95.9 Å². The van der Waals surface area contributed by atoms with E-state index >= 15 is 0 Å². The van der Waals surface area contributed by atoms with Crippen molar-refractivity contribution in [3.63, 3.8) is 0 Å². The molecule has 0 fully saturated rings. The Morgan fingerprint density at radius 2 is 1.93 bits per heavy atom. The zero-order valence-corrected chi connectivity index (χ0v) is 10.1. The van der Waals surface area contributed by atoms with E-state index in [-0.39, 0.29) is 17.9 Å². The van der Waals surface area contributed by atoms with E-state index in [9.17, 15) is 0 Å². The van der Waals surface area contributed by atoms with Crippen LogP contribution in [0.15, 0.2) is 24.3 Å². The molecule has 0 spiro atoms. The van der Waals surface area contributed by atoms with Gasteiger partial charge in [0.05, 0.1) is 6.61 Å². The largest absolute Gasteiger partial charge is 0.396 e. The van der Waals surface area contributed by atoms with E-state index in [2.05, 4.69) is 31.2 Å². The molecule has 2 atom stereocenters. The molecule has 0 saturated heterocycles. The molecule has 2 unspecified atom stereocenters. The predicted octanol–water partition coefficient (Wildman–Crippen LogP) is 2.11. The van der Waals surface area contributed by atoms with Gasteiger partial charge in [0.2, 0.25) is 0 Å². The molecular weight excluding hydrogens is 206 g/mol. The molecule has 3 heteroatoms. The van der Waals surface area contributed by atoms with Crippen molar-refractivity contribution < 1.29 is 5.11 Å². The predicted molar refractivity (Wildman–Crippen MR) is 67.1 cm³/mol. The summed E-state index contributed by atoms with van der Waals surface area (Å²) in [5, 5.41) is 9.10. The number of rotatable bonds is 5. The maximum Gasteiger partial charge on any atom is 0.0521 e. The van der Waals surface area contributed by atoms with Crippen LogP contribution in [0.25, 0.3) is 0 Å². The third kappa shape index (κ3) is 3.86. The van der Waals surface area contributed by atoms with Gasteiger partial charge in [-0.1, -0.05) is 29.8 Å². The summed E-state index contributed by atoms with van der Waals surface area (Å²) in [6.07, 6.45) is 0. The highest BCUT2D eigenvalue weighted by Crippen LogP contribution is 2.30. The van der Waals surface area contributed by atoms with Crippen molar-refractivity contribution >= 4 is 11.8 Å². The highest BCUT2D eigenvalue weighted by molar-refractivity contribution is 7.99. The molecule has 0 bridgehead atoms. The molecule has 84 valence electrons. The highest BCUT2D eigenvalue weighted by Gasteiger charge is 2.15. The second-order valence-corrected chi connectivity index (χ2v) is 5.03. The average molecular weight is 225 g/mol. The number of aliphatic hydroxyl groups excluding tert-OH is 1. The Bertz CT molecular complexity index is 284. The zero-order chi connectivity index (χ0) is 11.3. The van der Waals surface area contributed by atoms with Crippen LogP contribution in [-0.2, 0) is 0 Å². The van der Waals surface area contributed by atoms with Gasteiger partial charge in [0, 0.05) is 17.0 Å². The van der Waals surface area contributed by atoms with E-state index in [0.29, 0.717) is 0 Å². The minimum absolute atomic E-state index is 0.101. The molecule has 1 aromatic rings. The smallest absolute Gasteiger partial charge is 0.0521 e. The molecular formula is C12H19NOS. The van der Waals surface area contributed by atoms with Crippen molar-refractivity contribution in [3.8, 4) is 0 Å². The van der Waals surface area contributed by atoms with Crippen LogP contribution in [0.3, 0.4) is 0 Å². The first kappa shape index (κ1) is 12.6. The van der Waals surface area contributed by atoms with Crippen molar-refractivity contribution in [1.29, 1.82) is 0 Å². The van der Waals surface area contributed by atoms with Gasteiger partial charge in [-0.2, -0.15) is 0 Å². The van der Waals surface area contributed by atoms with Crippen molar-refractivity contribution in [2.24, 2.45) is 5.73 Å². The summed E-state index contributed by atoms with van der Waals surface area (Å²) < 4.78 is 0. The van der Waals surface area contributed by atoms with Crippen LogP contribution in [0, 0.1) is 6.92 Å². The van der Waals surface area contributed by atoms with Gasteiger partial charge < -0.3 is 10.8 Å². The molecule has 0 heterocycles. The quantitative estimate of drug-likeness (QED) is 0.807. The molecule has 15 heavy (non-hydrogen) atoms. The molecule has 1 rings (SSSR count). The molecule has 0 radical (unpaired) electrons. The summed E-state index contributed by atoms with van der Waals surface area (Å²) in [6, 6.07) is 8.54. The maximum atomic E-state index is 8.83. The van der Waals surface area contributed by atoms with E-state index in [1.807, 2.05) is 6.92 Å². The van der Waals surface area contributed by atoms with Crippen molar-refractivity contribution in [2.75, 3.05) is 12.4 Å². The van der Waals surface area contributed by atoms with Crippen molar-refractivity contribution in [3.05, 3.63) is 35.4 Å². The minimum atomic E-state index is 0.101. The number of hydrogen-bond acceptors (Lipinski definition) is 3. The van der Waals surface area contributed by atoms with Gasteiger partial charge in [-0.3, -0.25) is 0 Å². The molecule has 0 amide bonds. The molecule has 0 aliphatic carbocycles. The molecule has 0 saturated carbocycles. The minimum Gasteiger partial charge on any atom is -0.396 e. The standard InChI is InChI=1S/C12H19NOS/c1-9-3-5-11(6-4-9)12(10(2)13)15-8-7-14/h3-6,10,12,14H,7-8,13H2,1-2H3. The second-order valence-electron chi connectivity index (χ2n) is 3.78. The first-order valence-corrected chi connectivity index (χ1v) is 6.24. The van der Waals surface area contributed by atoms with Crippen LogP contribution in [0.2, 0.25) is 0 Å². The summed E-state index contributed by atoms with van der Waals surface area (Å²) >= 11 is 1.71. The van der Waals surface area contributed by atoms with Crippen LogP contribution in [-0.4, -0.2) is 23.5 Å². The van der Waals surface area contributed by atoms with E-state index < -0.39 is 0 Å². The summed E-state index contributed by atoms with van der Waals surface area (Å²) in [6.45, 7) is 4.29. The third-order valence-electron chi connectivity index (χ3n) is 2.27. The summed E-state index contributed by atoms with van der Waals surface area (Å²) in [7, 11) is 0. The Morgan fingerprint density at radius 1 is 1.33 bits per heavy atom. The topological polar surface area (TPSA) is 46.2 Å². The lowest BCUT2D eigenvalue weighted by molar-refractivity contribution is 0.322. The fraction of sp³-hybridized carbons (Fsp3) is 0.500. The molecule has 0 aliphatic rings. The number of aryl methyl sites for hydroxylation is 1. The lowest BCUT2D eigenvalue weighted by Crippen LogP contribution is -2.23. The van der Waals surface area contributed by atoms with Gasteiger partial charge in [-0.25, -0.2) is 0 Å². The van der Waals surface area contributed by atoms with E-state index in [4.69, 9.17) is 10.8 Å². The van der Waals surface area contributed by atoms with E-state index in [1.165, 1.54) is 11.1 Å². The van der Waals surface area contributed by atoms with Crippen LogP contribution < -0.4 is 5.73 Å². The molecule has 0 aliphatic heterocycles. The Balaban J connectivity index is 2.74. The van der Waals surface area contributed by atoms with Gasteiger partial charge in [-0.15, -0.1) is 11.8 Å². The lowest BCUT2D eigenvalue weighted by atomic mass is 10.1. The highest BCUT2D eigenvalue weighted by atomic mass is 32.2.